The van der Waals surface area contributed by atoms with E-state index in [-0.39, 0.29) is 5.91 Å². The van der Waals surface area contributed by atoms with Crippen LogP contribution < -0.4 is 5.43 Å². The maximum Gasteiger partial charge on any atom is 0.340 e. The van der Waals surface area contributed by atoms with Crippen LogP contribution >= 0.6 is 15.9 Å². The number of fused-ring (bicyclic) bond motifs is 1. The number of hydrogen-bond donors (Lipinski definition) is 1. The Morgan fingerprint density at radius 3 is 2.70 bits per heavy atom. The van der Waals surface area contributed by atoms with E-state index in [0.717, 1.165) is 15.4 Å². The van der Waals surface area contributed by atoms with E-state index in [0.29, 0.717) is 17.9 Å². The number of amides is 1. The monoisotopic (exact) mass is 338 g/mol. The van der Waals surface area contributed by atoms with Gasteiger partial charge in [0.15, 0.2) is 0 Å². The van der Waals surface area contributed by atoms with Gasteiger partial charge in [0.1, 0.15) is 0 Å². The van der Waals surface area contributed by atoms with Gasteiger partial charge in [-0.2, -0.15) is 0 Å². The molecule has 1 N–H and O–H groups in total. The van der Waals surface area contributed by atoms with Gasteiger partial charge in [0, 0.05) is 16.8 Å². The second-order valence-corrected chi connectivity index (χ2v) is 5.26. The molecule has 0 aliphatic heterocycles. The van der Waals surface area contributed by atoms with Crippen LogP contribution in [0, 0.1) is 6.92 Å². The lowest BCUT2D eigenvalue weighted by Gasteiger charge is -2.08. The second-order valence-electron chi connectivity index (χ2n) is 4.35. The normalized spacial score (nSPS) is 10.6. The zero-order chi connectivity index (χ0) is 14.9. The summed E-state index contributed by atoms with van der Waals surface area (Å²) < 4.78 is 7.56. The van der Waals surface area contributed by atoms with Gasteiger partial charge in [-0.25, -0.2) is 4.79 Å². The fraction of sp³-hybridized carbons (Fsp3) is 0.286. The highest BCUT2D eigenvalue weighted by Crippen LogP contribution is 2.28. The zero-order valence-corrected chi connectivity index (χ0v) is 13.1. The Labute approximate surface area is 125 Å². The van der Waals surface area contributed by atoms with Crippen molar-refractivity contribution in [2.75, 3.05) is 12.0 Å². The Kier molecular flexibility index (Phi) is 4.13. The number of carbonyl (C=O) groups excluding carboxylic acids is 2. The molecule has 0 radical (unpaired) electrons. The van der Waals surface area contributed by atoms with Crippen LogP contribution in [0.25, 0.3) is 10.9 Å². The third-order valence-corrected chi connectivity index (χ3v) is 3.41. The Bertz CT molecular complexity index is 691. The van der Waals surface area contributed by atoms with E-state index in [1.165, 1.54) is 6.92 Å². The zero-order valence-electron chi connectivity index (χ0n) is 11.5. The number of esters is 1. The summed E-state index contributed by atoms with van der Waals surface area (Å²) in [5.41, 5.74) is 4.58. The van der Waals surface area contributed by atoms with Gasteiger partial charge >= 0.3 is 5.97 Å². The third-order valence-electron chi connectivity index (χ3n) is 2.91. The highest BCUT2D eigenvalue weighted by atomic mass is 79.9. The van der Waals surface area contributed by atoms with Gasteiger partial charge in [-0.1, -0.05) is 15.9 Å². The van der Waals surface area contributed by atoms with Gasteiger partial charge in [-0.3, -0.25) is 14.9 Å². The number of nitrogens with zero attached hydrogens (tertiary/aromatic N) is 1. The van der Waals surface area contributed by atoms with Crippen LogP contribution in [-0.4, -0.2) is 23.2 Å². The smallest absolute Gasteiger partial charge is 0.340 e. The molecule has 1 aromatic heterocycles. The van der Waals surface area contributed by atoms with Crippen molar-refractivity contribution in [3.8, 4) is 0 Å². The number of aromatic nitrogens is 1. The van der Waals surface area contributed by atoms with Gasteiger partial charge in [0.05, 0.1) is 23.4 Å². The highest BCUT2D eigenvalue weighted by molar-refractivity contribution is 9.10. The molecule has 20 heavy (non-hydrogen) atoms. The predicted octanol–water partition coefficient (Wildman–Crippen LogP) is 2.98. The summed E-state index contributed by atoms with van der Waals surface area (Å²) >= 11 is 3.39. The number of benzene rings is 1. The maximum atomic E-state index is 12.1. The first-order chi connectivity index (χ1) is 9.45. The SMILES string of the molecule is CCOC(=O)c1c(C)n(NC(C)=O)c2ccc(Br)cc12. The Morgan fingerprint density at radius 2 is 2.10 bits per heavy atom. The van der Waals surface area contributed by atoms with Crippen LogP contribution in [0.2, 0.25) is 0 Å². The number of ether oxygens (including phenoxy) is 1. The minimum absolute atomic E-state index is 0.205. The minimum atomic E-state index is -0.391. The summed E-state index contributed by atoms with van der Waals surface area (Å²) in [4.78, 5) is 23.4. The molecule has 6 heteroatoms. The van der Waals surface area contributed by atoms with Crippen LogP contribution in [0.4, 0.5) is 0 Å². The number of rotatable bonds is 3. The average molecular weight is 339 g/mol. The van der Waals surface area contributed by atoms with E-state index in [9.17, 15) is 9.59 Å². The van der Waals surface area contributed by atoms with Gasteiger partial charge < -0.3 is 4.74 Å². The van der Waals surface area contributed by atoms with Crippen molar-refractivity contribution in [1.82, 2.24) is 4.68 Å². The van der Waals surface area contributed by atoms with E-state index >= 15 is 0 Å². The molecule has 2 rings (SSSR count). The maximum absolute atomic E-state index is 12.1. The lowest BCUT2D eigenvalue weighted by Crippen LogP contribution is -2.21. The average Bonchev–Trinajstić information content (AvgIpc) is 2.61. The van der Waals surface area contributed by atoms with Crippen molar-refractivity contribution in [3.05, 3.63) is 33.9 Å². The van der Waals surface area contributed by atoms with Crippen molar-refractivity contribution in [2.45, 2.75) is 20.8 Å². The minimum Gasteiger partial charge on any atom is -0.462 e. The summed E-state index contributed by atoms with van der Waals surface area (Å²) in [5.74, 6) is -0.597. The number of carbonyl (C=O) groups is 2. The molecular weight excluding hydrogens is 324 g/mol. The molecule has 0 saturated heterocycles. The predicted molar refractivity (Wildman–Crippen MR) is 80.4 cm³/mol. The standard InChI is InChI=1S/C14H15BrN2O3/c1-4-20-14(19)13-8(2)17(16-9(3)18)12-6-5-10(15)7-11(12)13/h5-7H,4H2,1-3H3,(H,16,18). The van der Waals surface area contributed by atoms with E-state index in [1.807, 2.05) is 18.2 Å². The number of halogens is 1. The van der Waals surface area contributed by atoms with Crippen molar-refractivity contribution in [1.29, 1.82) is 0 Å². The first kappa shape index (κ1) is 14.6. The van der Waals surface area contributed by atoms with Crippen LogP contribution in [0.3, 0.4) is 0 Å². The first-order valence-electron chi connectivity index (χ1n) is 6.21. The molecule has 0 saturated carbocycles. The molecule has 1 amide bonds. The number of hydrogen-bond acceptors (Lipinski definition) is 3. The molecule has 0 spiro atoms. The molecule has 0 bridgehead atoms. The first-order valence-corrected chi connectivity index (χ1v) is 7.00. The van der Waals surface area contributed by atoms with Gasteiger partial charge in [-0.05, 0) is 32.0 Å². The van der Waals surface area contributed by atoms with E-state index in [2.05, 4.69) is 21.4 Å². The largest absolute Gasteiger partial charge is 0.462 e. The summed E-state index contributed by atoms with van der Waals surface area (Å²) in [6.07, 6.45) is 0. The van der Waals surface area contributed by atoms with Crippen LogP contribution in [0.1, 0.15) is 29.9 Å². The molecule has 1 heterocycles. The molecule has 2 aromatic rings. The lowest BCUT2D eigenvalue weighted by molar-refractivity contribution is -0.115. The topological polar surface area (TPSA) is 60.3 Å². The fourth-order valence-corrected chi connectivity index (χ4v) is 2.51. The molecule has 0 unspecified atom stereocenters. The lowest BCUT2D eigenvalue weighted by atomic mass is 10.1. The van der Waals surface area contributed by atoms with Crippen molar-refractivity contribution >= 4 is 38.7 Å². The Hall–Kier alpha value is -1.82. The summed E-state index contributed by atoms with van der Waals surface area (Å²) in [5, 5.41) is 0.740. The van der Waals surface area contributed by atoms with Crippen molar-refractivity contribution in [3.63, 3.8) is 0 Å². The quantitative estimate of drug-likeness (QED) is 0.875. The van der Waals surface area contributed by atoms with Crippen LogP contribution in [0.15, 0.2) is 22.7 Å². The Balaban J connectivity index is 2.72. The van der Waals surface area contributed by atoms with Crippen LogP contribution in [-0.2, 0) is 9.53 Å². The molecule has 1 aromatic carbocycles. The molecule has 0 aliphatic carbocycles. The summed E-state index contributed by atoms with van der Waals surface area (Å²) in [6.45, 7) is 5.26. The van der Waals surface area contributed by atoms with Gasteiger partial charge in [-0.15, -0.1) is 0 Å². The van der Waals surface area contributed by atoms with Gasteiger partial charge in [0.25, 0.3) is 0 Å². The Morgan fingerprint density at radius 1 is 1.40 bits per heavy atom. The van der Waals surface area contributed by atoms with E-state index in [4.69, 9.17) is 4.74 Å². The summed E-state index contributed by atoms with van der Waals surface area (Å²) in [6, 6.07) is 5.53. The van der Waals surface area contributed by atoms with E-state index < -0.39 is 5.97 Å². The highest BCUT2D eigenvalue weighted by Gasteiger charge is 2.21. The molecule has 0 aliphatic rings. The fourth-order valence-electron chi connectivity index (χ4n) is 2.15. The van der Waals surface area contributed by atoms with Gasteiger partial charge in [0.2, 0.25) is 5.91 Å². The molecule has 106 valence electrons. The van der Waals surface area contributed by atoms with Crippen molar-refractivity contribution < 1.29 is 14.3 Å². The van der Waals surface area contributed by atoms with E-state index in [1.54, 1.807) is 18.5 Å². The van der Waals surface area contributed by atoms with Crippen LogP contribution in [0.5, 0.6) is 0 Å². The van der Waals surface area contributed by atoms with Crippen molar-refractivity contribution in [2.24, 2.45) is 0 Å². The number of nitrogens with one attached hydrogen (secondary N) is 1. The molecule has 0 fully saturated rings. The molecule has 0 atom stereocenters. The molecule has 5 nitrogen and oxygen atoms in total. The molecular formula is C14H15BrN2O3. The summed E-state index contributed by atoms with van der Waals surface area (Å²) in [7, 11) is 0. The second kappa shape index (κ2) is 5.66. The third kappa shape index (κ3) is 2.56.